The number of hydrogen-bond acceptors (Lipinski definition) is 5. The molecule has 0 saturated carbocycles. The highest BCUT2D eigenvalue weighted by atomic mass is 16.7. The molecule has 32 heavy (non-hydrogen) atoms. The summed E-state index contributed by atoms with van der Waals surface area (Å²) in [5, 5.41) is 8.08. The van der Waals surface area contributed by atoms with Crippen LogP contribution in [0.5, 0.6) is 11.5 Å². The molecule has 0 saturated heterocycles. The molecule has 1 amide bonds. The fraction of sp³-hybridized carbons (Fsp3) is 0.160. The molecule has 7 nitrogen and oxygen atoms in total. The Kier molecular flexibility index (Phi) is 4.21. The number of amides is 1. The molecule has 0 fully saturated rings. The molecular formula is C25H20N4O3. The highest BCUT2D eigenvalue weighted by Gasteiger charge is 2.27. The standard InChI is InChI=1S/C25H20N4O3/c1-29-11-10-22(28-29)27-25(30)23-17-4-2-3-5-19(17)26-24-16(7-8-18(23)24)12-15-6-9-20-21(13-15)32-14-31-20/h2-6,9-13H,7-8,14H2,1H3,(H,27,28,30)/b16-12+. The van der Waals surface area contributed by atoms with Crippen LogP contribution in [0.25, 0.3) is 22.6 Å². The number of ether oxygens (including phenoxy) is 2. The minimum atomic E-state index is -0.164. The van der Waals surface area contributed by atoms with Gasteiger partial charge in [-0.15, -0.1) is 0 Å². The molecule has 0 spiro atoms. The first kappa shape index (κ1) is 18.6. The molecular weight excluding hydrogens is 404 g/mol. The third-order valence-corrected chi connectivity index (χ3v) is 5.86. The van der Waals surface area contributed by atoms with Crippen LogP contribution >= 0.6 is 0 Å². The number of rotatable bonds is 3. The number of aromatic nitrogens is 3. The quantitative estimate of drug-likeness (QED) is 0.526. The van der Waals surface area contributed by atoms with Gasteiger partial charge in [0.05, 0.1) is 16.8 Å². The van der Waals surface area contributed by atoms with E-state index in [0.717, 1.165) is 57.6 Å². The number of benzene rings is 2. The van der Waals surface area contributed by atoms with Crippen LogP contribution in [0.4, 0.5) is 5.82 Å². The number of para-hydroxylation sites is 1. The van der Waals surface area contributed by atoms with Crippen molar-refractivity contribution in [3.8, 4) is 11.5 Å². The van der Waals surface area contributed by atoms with Gasteiger partial charge in [0, 0.05) is 24.7 Å². The molecule has 0 atom stereocenters. The molecule has 1 N–H and O–H groups in total. The van der Waals surface area contributed by atoms with E-state index in [9.17, 15) is 4.79 Å². The average molecular weight is 424 g/mol. The van der Waals surface area contributed by atoms with Gasteiger partial charge in [0.25, 0.3) is 5.91 Å². The monoisotopic (exact) mass is 424 g/mol. The lowest BCUT2D eigenvalue weighted by atomic mass is 10.00. The number of hydrogen-bond donors (Lipinski definition) is 1. The summed E-state index contributed by atoms with van der Waals surface area (Å²) in [5.74, 6) is 1.88. The minimum absolute atomic E-state index is 0.164. The SMILES string of the molecule is Cn1ccc(NC(=O)c2c3c(nc4ccccc24)/C(=C/c2ccc4c(c2)OCO4)CC3)n1. The lowest BCUT2D eigenvalue weighted by molar-refractivity contribution is 0.102. The predicted molar refractivity (Wildman–Crippen MR) is 122 cm³/mol. The van der Waals surface area contributed by atoms with Crippen molar-refractivity contribution in [2.75, 3.05) is 12.1 Å². The maximum absolute atomic E-state index is 13.4. The van der Waals surface area contributed by atoms with Crippen molar-refractivity contribution >= 4 is 34.3 Å². The van der Waals surface area contributed by atoms with Crippen molar-refractivity contribution in [2.45, 2.75) is 12.8 Å². The third kappa shape index (κ3) is 3.10. The zero-order chi connectivity index (χ0) is 21.7. The fourth-order valence-electron chi connectivity index (χ4n) is 4.40. The lowest BCUT2D eigenvalue weighted by Gasteiger charge is -2.12. The number of carbonyl (C=O) groups is 1. The summed E-state index contributed by atoms with van der Waals surface area (Å²) in [6.45, 7) is 0.250. The molecule has 1 aliphatic heterocycles. The summed E-state index contributed by atoms with van der Waals surface area (Å²) < 4.78 is 12.6. The van der Waals surface area contributed by atoms with E-state index in [-0.39, 0.29) is 12.7 Å². The second kappa shape index (κ2) is 7.23. The maximum Gasteiger partial charge on any atom is 0.257 e. The third-order valence-electron chi connectivity index (χ3n) is 5.86. The zero-order valence-electron chi connectivity index (χ0n) is 17.5. The summed E-state index contributed by atoms with van der Waals surface area (Å²) in [5.41, 5.74) is 5.46. The topological polar surface area (TPSA) is 78.3 Å². The normalized spacial score (nSPS) is 15.3. The first-order valence-corrected chi connectivity index (χ1v) is 10.5. The number of fused-ring (bicyclic) bond motifs is 3. The molecule has 3 heterocycles. The Balaban J connectivity index is 1.45. The number of allylic oxidation sites excluding steroid dienone is 1. The zero-order valence-corrected chi connectivity index (χ0v) is 17.5. The van der Waals surface area contributed by atoms with Crippen LogP contribution in [-0.4, -0.2) is 27.5 Å². The van der Waals surface area contributed by atoms with Crippen LogP contribution in [0.2, 0.25) is 0 Å². The number of nitrogens with one attached hydrogen (secondary N) is 1. The molecule has 7 heteroatoms. The summed E-state index contributed by atoms with van der Waals surface area (Å²) in [6, 6.07) is 15.5. The predicted octanol–water partition coefficient (Wildman–Crippen LogP) is 4.44. The van der Waals surface area contributed by atoms with E-state index in [1.165, 1.54) is 0 Å². The van der Waals surface area contributed by atoms with Crippen molar-refractivity contribution in [3.63, 3.8) is 0 Å². The Labute approximate surface area is 184 Å². The number of nitrogens with zero attached hydrogens (tertiary/aromatic N) is 3. The van der Waals surface area contributed by atoms with Crippen molar-refractivity contribution in [3.05, 3.63) is 77.1 Å². The molecule has 0 bridgehead atoms. The average Bonchev–Trinajstić information content (AvgIpc) is 3.52. The van der Waals surface area contributed by atoms with Gasteiger partial charge in [-0.1, -0.05) is 24.3 Å². The summed E-state index contributed by atoms with van der Waals surface area (Å²) in [4.78, 5) is 18.3. The molecule has 2 aromatic carbocycles. The van der Waals surface area contributed by atoms with Crippen molar-refractivity contribution < 1.29 is 14.3 Å². The molecule has 6 rings (SSSR count). The highest BCUT2D eigenvalue weighted by Crippen LogP contribution is 2.39. The smallest absolute Gasteiger partial charge is 0.257 e. The second-order valence-electron chi connectivity index (χ2n) is 7.94. The number of pyridine rings is 1. The fourth-order valence-corrected chi connectivity index (χ4v) is 4.40. The van der Waals surface area contributed by atoms with Gasteiger partial charge < -0.3 is 14.8 Å². The second-order valence-corrected chi connectivity index (χ2v) is 7.94. The van der Waals surface area contributed by atoms with Crippen LogP contribution in [-0.2, 0) is 13.5 Å². The minimum Gasteiger partial charge on any atom is -0.454 e. The largest absolute Gasteiger partial charge is 0.454 e. The molecule has 2 aliphatic rings. The van der Waals surface area contributed by atoms with E-state index in [1.807, 2.05) is 49.5 Å². The molecule has 0 unspecified atom stereocenters. The lowest BCUT2D eigenvalue weighted by Crippen LogP contribution is -2.16. The Morgan fingerprint density at radius 1 is 1.09 bits per heavy atom. The number of aryl methyl sites for hydroxylation is 1. The van der Waals surface area contributed by atoms with Crippen LogP contribution in [0.3, 0.4) is 0 Å². The molecule has 0 radical (unpaired) electrons. The van der Waals surface area contributed by atoms with E-state index < -0.39 is 0 Å². The van der Waals surface area contributed by atoms with E-state index in [0.29, 0.717) is 11.4 Å². The van der Waals surface area contributed by atoms with Gasteiger partial charge in [-0.3, -0.25) is 9.48 Å². The Morgan fingerprint density at radius 2 is 1.97 bits per heavy atom. The maximum atomic E-state index is 13.4. The van der Waals surface area contributed by atoms with E-state index in [4.69, 9.17) is 14.5 Å². The van der Waals surface area contributed by atoms with Gasteiger partial charge in [-0.2, -0.15) is 5.10 Å². The summed E-state index contributed by atoms with van der Waals surface area (Å²) in [6.07, 6.45) is 5.50. The van der Waals surface area contributed by atoms with Crippen LogP contribution in [0, 0.1) is 0 Å². The Bertz CT molecular complexity index is 1420. The Morgan fingerprint density at radius 3 is 2.84 bits per heavy atom. The first-order valence-electron chi connectivity index (χ1n) is 10.5. The number of carbonyl (C=O) groups excluding carboxylic acids is 1. The van der Waals surface area contributed by atoms with Crippen LogP contribution in [0.1, 0.15) is 33.6 Å². The molecule has 1 aliphatic carbocycles. The van der Waals surface area contributed by atoms with Gasteiger partial charge in [-0.05, 0) is 53.8 Å². The van der Waals surface area contributed by atoms with E-state index in [1.54, 1.807) is 16.9 Å². The van der Waals surface area contributed by atoms with Gasteiger partial charge in [-0.25, -0.2) is 4.98 Å². The van der Waals surface area contributed by atoms with Crippen molar-refractivity contribution in [1.29, 1.82) is 0 Å². The summed E-state index contributed by atoms with van der Waals surface area (Å²) >= 11 is 0. The van der Waals surface area contributed by atoms with Gasteiger partial charge in [0.15, 0.2) is 17.3 Å². The van der Waals surface area contributed by atoms with Gasteiger partial charge >= 0.3 is 0 Å². The van der Waals surface area contributed by atoms with Crippen LogP contribution in [0.15, 0.2) is 54.7 Å². The molecule has 4 aromatic rings. The van der Waals surface area contributed by atoms with E-state index >= 15 is 0 Å². The van der Waals surface area contributed by atoms with E-state index in [2.05, 4.69) is 16.5 Å². The highest BCUT2D eigenvalue weighted by molar-refractivity contribution is 6.14. The Hall–Kier alpha value is -4.13. The van der Waals surface area contributed by atoms with Crippen molar-refractivity contribution in [1.82, 2.24) is 14.8 Å². The first-order chi connectivity index (χ1) is 15.7. The van der Waals surface area contributed by atoms with Crippen LogP contribution < -0.4 is 14.8 Å². The molecule has 158 valence electrons. The number of anilines is 1. The van der Waals surface area contributed by atoms with Gasteiger partial charge in [0.2, 0.25) is 6.79 Å². The van der Waals surface area contributed by atoms with Crippen molar-refractivity contribution in [2.24, 2.45) is 7.05 Å². The van der Waals surface area contributed by atoms with Gasteiger partial charge in [0.1, 0.15) is 0 Å². The molecule has 2 aromatic heterocycles. The summed E-state index contributed by atoms with van der Waals surface area (Å²) in [7, 11) is 1.82.